The summed E-state index contributed by atoms with van der Waals surface area (Å²) >= 11 is 0. The van der Waals surface area contributed by atoms with Crippen molar-refractivity contribution in [1.82, 2.24) is 4.72 Å². The van der Waals surface area contributed by atoms with Crippen molar-refractivity contribution >= 4 is 10.0 Å². The van der Waals surface area contributed by atoms with E-state index in [9.17, 15) is 8.42 Å². The first-order chi connectivity index (χ1) is 6.90. The van der Waals surface area contributed by atoms with E-state index in [1.165, 1.54) is 6.26 Å². The molecule has 0 fully saturated rings. The maximum atomic E-state index is 11.2. The molecule has 84 valence electrons. The molecule has 0 aliphatic heterocycles. The fraction of sp³-hybridized carbons (Fsp3) is 0.455. The van der Waals surface area contributed by atoms with Crippen LogP contribution < -0.4 is 4.72 Å². The molecule has 1 aromatic rings. The van der Waals surface area contributed by atoms with Gasteiger partial charge in [-0.25, -0.2) is 13.1 Å². The van der Waals surface area contributed by atoms with Gasteiger partial charge in [-0.1, -0.05) is 44.2 Å². The van der Waals surface area contributed by atoms with Gasteiger partial charge in [-0.15, -0.1) is 0 Å². The van der Waals surface area contributed by atoms with Crippen molar-refractivity contribution in [3.8, 4) is 0 Å². The summed E-state index contributed by atoms with van der Waals surface area (Å²) in [5.74, 6) is 0.224. The van der Waals surface area contributed by atoms with Gasteiger partial charge in [-0.3, -0.25) is 0 Å². The van der Waals surface area contributed by atoms with E-state index in [1.54, 1.807) is 0 Å². The third-order valence-electron chi connectivity index (χ3n) is 2.17. The van der Waals surface area contributed by atoms with Crippen LogP contribution in [0.4, 0.5) is 0 Å². The summed E-state index contributed by atoms with van der Waals surface area (Å²) in [6.07, 6.45) is 1.19. The molecular weight excluding hydrogens is 210 g/mol. The van der Waals surface area contributed by atoms with Gasteiger partial charge in [-0.05, 0) is 11.5 Å². The van der Waals surface area contributed by atoms with Crippen molar-refractivity contribution < 1.29 is 8.42 Å². The van der Waals surface area contributed by atoms with Gasteiger partial charge in [0.2, 0.25) is 10.0 Å². The van der Waals surface area contributed by atoms with Crippen LogP contribution >= 0.6 is 0 Å². The second kappa shape index (κ2) is 4.77. The Bertz CT molecular complexity index is 398. The van der Waals surface area contributed by atoms with Crippen molar-refractivity contribution in [3.63, 3.8) is 0 Å². The van der Waals surface area contributed by atoms with E-state index >= 15 is 0 Å². The lowest BCUT2D eigenvalue weighted by atomic mass is 9.97. The van der Waals surface area contributed by atoms with E-state index in [4.69, 9.17) is 0 Å². The molecule has 1 atom stereocenters. The summed E-state index contributed by atoms with van der Waals surface area (Å²) in [6, 6.07) is 9.46. The third kappa shape index (κ3) is 4.01. The smallest absolute Gasteiger partial charge is 0.209 e. The lowest BCUT2D eigenvalue weighted by Gasteiger charge is -2.21. The first-order valence-electron chi connectivity index (χ1n) is 4.92. The Morgan fingerprint density at radius 3 is 2.07 bits per heavy atom. The number of hydrogen-bond acceptors (Lipinski definition) is 2. The molecule has 4 heteroatoms. The first kappa shape index (κ1) is 12.2. The molecule has 0 amide bonds. The molecule has 15 heavy (non-hydrogen) atoms. The number of nitrogens with one attached hydrogen (secondary N) is 1. The predicted molar refractivity (Wildman–Crippen MR) is 62.0 cm³/mol. The molecule has 0 aromatic heterocycles. The minimum Gasteiger partial charge on any atom is -0.213 e. The zero-order valence-electron chi connectivity index (χ0n) is 9.27. The van der Waals surface area contributed by atoms with Gasteiger partial charge in [0.15, 0.2) is 0 Å². The minimum absolute atomic E-state index is 0.152. The van der Waals surface area contributed by atoms with E-state index in [0.29, 0.717) is 0 Å². The Kier molecular flexibility index (Phi) is 3.88. The van der Waals surface area contributed by atoms with Crippen LogP contribution in [-0.4, -0.2) is 14.7 Å². The molecule has 0 saturated heterocycles. The topological polar surface area (TPSA) is 46.2 Å². The van der Waals surface area contributed by atoms with Gasteiger partial charge in [0.1, 0.15) is 0 Å². The van der Waals surface area contributed by atoms with Crippen LogP contribution in [0.5, 0.6) is 0 Å². The van der Waals surface area contributed by atoms with Crippen LogP contribution in [0.1, 0.15) is 25.5 Å². The highest BCUT2D eigenvalue weighted by Gasteiger charge is 2.18. The molecule has 0 heterocycles. The van der Waals surface area contributed by atoms with Gasteiger partial charge >= 0.3 is 0 Å². The molecule has 0 unspecified atom stereocenters. The second-order valence-corrected chi connectivity index (χ2v) is 5.80. The van der Waals surface area contributed by atoms with E-state index in [-0.39, 0.29) is 12.0 Å². The Morgan fingerprint density at radius 2 is 1.67 bits per heavy atom. The summed E-state index contributed by atoms with van der Waals surface area (Å²) in [5, 5.41) is 0. The van der Waals surface area contributed by atoms with Crippen LogP contribution in [0, 0.1) is 5.92 Å². The minimum atomic E-state index is -3.17. The molecule has 0 bridgehead atoms. The van der Waals surface area contributed by atoms with Gasteiger partial charge in [-0.2, -0.15) is 0 Å². The summed E-state index contributed by atoms with van der Waals surface area (Å²) in [6.45, 7) is 3.99. The summed E-state index contributed by atoms with van der Waals surface area (Å²) in [5.41, 5.74) is 0.998. The summed E-state index contributed by atoms with van der Waals surface area (Å²) in [4.78, 5) is 0. The zero-order valence-corrected chi connectivity index (χ0v) is 10.1. The molecule has 0 aliphatic carbocycles. The number of rotatable bonds is 4. The standard InChI is InChI=1S/C11H17NO2S/c1-9(2)11(12-15(3,13)14)10-7-5-4-6-8-10/h4-9,11-12H,1-3H3/t11-/m0/s1. The van der Waals surface area contributed by atoms with Crippen LogP contribution in [0.25, 0.3) is 0 Å². The average Bonchev–Trinajstić information content (AvgIpc) is 2.14. The molecule has 3 nitrogen and oxygen atoms in total. The fourth-order valence-corrected chi connectivity index (χ4v) is 2.35. The van der Waals surface area contributed by atoms with Crippen LogP contribution in [0.15, 0.2) is 30.3 Å². The van der Waals surface area contributed by atoms with Crippen LogP contribution in [-0.2, 0) is 10.0 Å². The lowest BCUT2D eigenvalue weighted by molar-refractivity contribution is 0.465. The number of sulfonamides is 1. The van der Waals surface area contributed by atoms with Gasteiger partial charge in [0, 0.05) is 6.04 Å². The highest BCUT2D eigenvalue weighted by Crippen LogP contribution is 2.21. The molecule has 1 N–H and O–H groups in total. The summed E-state index contributed by atoms with van der Waals surface area (Å²) in [7, 11) is -3.17. The van der Waals surface area contributed by atoms with Crippen molar-refractivity contribution in [2.45, 2.75) is 19.9 Å². The lowest BCUT2D eigenvalue weighted by Crippen LogP contribution is -2.30. The summed E-state index contributed by atoms with van der Waals surface area (Å²) < 4.78 is 25.1. The van der Waals surface area contributed by atoms with Gasteiger partial charge < -0.3 is 0 Å². The Morgan fingerprint density at radius 1 is 1.13 bits per heavy atom. The molecule has 1 rings (SSSR count). The van der Waals surface area contributed by atoms with Gasteiger partial charge in [0.05, 0.1) is 6.26 Å². The van der Waals surface area contributed by atoms with E-state index < -0.39 is 10.0 Å². The fourth-order valence-electron chi connectivity index (χ4n) is 1.48. The molecule has 0 aliphatic rings. The van der Waals surface area contributed by atoms with Crippen molar-refractivity contribution in [2.75, 3.05) is 6.26 Å². The monoisotopic (exact) mass is 227 g/mol. The molecule has 0 radical (unpaired) electrons. The maximum Gasteiger partial charge on any atom is 0.209 e. The molecule has 0 saturated carbocycles. The second-order valence-electron chi connectivity index (χ2n) is 4.02. The molecular formula is C11H17NO2S. The van der Waals surface area contributed by atoms with Crippen LogP contribution in [0.2, 0.25) is 0 Å². The average molecular weight is 227 g/mol. The highest BCUT2D eigenvalue weighted by atomic mass is 32.2. The Balaban J connectivity index is 2.95. The first-order valence-corrected chi connectivity index (χ1v) is 6.81. The quantitative estimate of drug-likeness (QED) is 0.854. The SMILES string of the molecule is CC(C)[C@H](NS(C)(=O)=O)c1ccccc1. The molecule has 1 aromatic carbocycles. The van der Waals surface area contributed by atoms with Gasteiger partial charge in [0.25, 0.3) is 0 Å². The third-order valence-corrected chi connectivity index (χ3v) is 2.85. The van der Waals surface area contributed by atoms with E-state index in [1.807, 2.05) is 44.2 Å². The van der Waals surface area contributed by atoms with E-state index in [0.717, 1.165) is 5.56 Å². The molecule has 0 spiro atoms. The normalized spacial score (nSPS) is 14.1. The Labute approximate surface area is 91.6 Å². The van der Waals surface area contributed by atoms with Crippen LogP contribution in [0.3, 0.4) is 0 Å². The number of hydrogen-bond donors (Lipinski definition) is 1. The predicted octanol–water partition coefficient (Wildman–Crippen LogP) is 1.93. The van der Waals surface area contributed by atoms with Crippen molar-refractivity contribution in [2.24, 2.45) is 5.92 Å². The Hall–Kier alpha value is -0.870. The zero-order chi connectivity index (χ0) is 11.5. The van der Waals surface area contributed by atoms with Crippen molar-refractivity contribution in [3.05, 3.63) is 35.9 Å². The highest BCUT2D eigenvalue weighted by molar-refractivity contribution is 7.88. The number of benzene rings is 1. The van der Waals surface area contributed by atoms with Crippen molar-refractivity contribution in [1.29, 1.82) is 0 Å². The largest absolute Gasteiger partial charge is 0.213 e. The van der Waals surface area contributed by atoms with E-state index in [2.05, 4.69) is 4.72 Å². The maximum absolute atomic E-state index is 11.2.